The molecular weight excluding hydrogens is 575 g/mol. The van der Waals surface area contributed by atoms with Gasteiger partial charge in [-0.25, -0.2) is 0 Å². The summed E-state index contributed by atoms with van der Waals surface area (Å²) in [5, 5.41) is 7.93. The molecule has 0 bridgehead atoms. The minimum absolute atomic E-state index is 0.953. The Labute approximate surface area is 268 Å². The van der Waals surface area contributed by atoms with Crippen LogP contribution in [-0.4, -0.2) is 12.6 Å². The molecule has 0 spiro atoms. The Morgan fingerprint density at radius 3 is 1.67 bits per heavy atom. The number of ether oxygens (including phenoxy) is 1. The lowest BCUT2D eigenvalue weighted by Crippen LogP contribution is -2.76. The first-order chi connectivity index (χ1) is 22.8. The van der Waals surface area contributed by atoms with Crippen LogP contribution >= 0.6 is 0 Å². The van der Waals surface area contributed by atoms with E-state index >= 15 is 0 Å². The Kier molecular flexibility index (Phi) is 5.40. The number of hydrogen-bond acceptors (Lipinski definition) is 1. The second-order valence-electron chi connectivity index (χ2n) is 12.5. The van der Waals surface area contributed by atoms with Gasteiger partial charge in [0.25, 0.3) is 0 Å². The van der Waals surface area contributed by atoms with Gasteiger partial charge < -0.3 is 9.30 Å². The molecule has 7 aromatic carbocycles. The van der Waals surface area contributed by atoms with Crippen molar-refractivity contribution < 1.29 is 4.74 Å². The predicted molar refractivity (Wildman–Crippen MR) is 193 cm³/mol. The highest BCUT2D eigenvalue weighted by atomic mass is 28.3. The molecule has 46 heavy (non-hydrogen) atoms. The molecule has 216 valence electrons. The molecular formula is C43H29NOSi. The first-order valence-corrected chi connectivity index (χ1v) is 18.0. The van der Waals surface area contributed by atoms with E-state index in [-0.39, 0.29) is 0 Å². The zero-order valence-electron chi connectivity index (χ0n) is 25.2. The fourth-order valence-corrected chi connectivity index (χ4v) is 13.2. The van der Waals surface area contributed by atoms with Crippen LogP contribution in [0.4, 0.5) is 0 Å². The standard InChI is InChI=1S/C43H29NOSi/c1-2-12-32(13-3-1)46(42-20-10-8-18-40(42)45-41-19-9-11-21-43(41)46)33-25-23-30-26-29-22-24-31(27-36(29)37(30)28-33)44-38-16-6-4-14-34(38)35-15-5-7-17-39(35)44/h1-25,27-28H,26H2. The largest absolute Gasteiger partial charge is 0.458 e. The summed E-state index contributed by atoms with van der Waals surface area (Å²) in [4.78, 5) is 0. The molecule has 1 aliphatic heterocycles. The van der Waals surface area contributed by atoms with Crippen molar-refractivity contribution in [2.45, 2.75) is 6.42 Å². The third-order valence-electron chi connectivity index (χ3n) is 10.2. The van der Waals surface area contributed by atoms with Crippen LogP contribution in [0.3, 0.4) is 0 Å². The number of para-hydroxylation sites is 4. The SMILES string of the molecule is c1ccc([Si]2(c3ccc4c(c3)-c3cc(-n5c6ccccc6c6ccccc65)ccc3C4)c3ccccc3Oc3ccccc32)cc1. The third kappa shape index (κ3) is 3.46. The van der Waals surface area contributed by atoms with Crippen LogP contribution in [-0.2, 0) is 6.42 Å². The van der Waals surface area contributed by atoms with Crippen LogP contribution in [0.15, 0.2) is 164 Å². The van der Waals surface area contributed by atoms with Crippen LogP contribution in [0.25, 0.3) is 38.6 Å². The van der Waals surface area contributed by atoms with Gasteiger partial charge in [0.05, 0.1) is 11.0 Å². The van der Waals surface area contributed by atoms with Gasteiger partial charge in [-0.15, -0.1) is 0 Å². The average Bonchev–Trinajstić information content (AvgIpc) is 3.66. The molecule has 10 rings (SSSR count). The Balaban J connectivity index is 1.23. The van der Waals surface area contributed by atoms with Crippen LogP contribution in [0.1, 0.15) is 11.1 Å². The first kappa shape index (κ1) is 25.7. The summed E-state index contributed by atoms with van der Waals surface area (Å²) in [5.74, 6) is 1.93. The number of benzene rings is 7. The zero-order chi connectivity index (χ0) is 30.2. The molecule has 0 radical (unpaired) electrons. The molecule has 0 N–H and O–H groups in total. The molecule has 0 saturated carbocycles. The number of rotatable bonds is 3. The van der Waals surface area contributed by atoms with Gasteiger partial charge in [-0.2, -0.15) is 0 Å². The summed E-state index contributed by atoms with van der Waals surface area (Å²) in [5.41, 5.74) is 9.14. The topological polar surface area (TPSA) is 14.2 Å². The molecule has 0 unspecified atom stereocenters. The molecule has 0 atom stereocenters. The minimum atomic E-state index is -2.71. The number of hydrogen-bond donors (Lipinski definition) is 0. The van der Waals surface area contributed by atoms with Crippen LogP contribution in [0.2, 0.25) is 0 Å². The fourth-order valence-electron chi connectivity index (χ4n) is 8.20. The zero-order valence-corrected chi connectivity index (χ0v) is 26.2. The van der Waals surface area contributed by atoms with Gasteiger partial charge in [-0.05, 0) is 85.8 Å². The van der Waals surface area contributed by atoms with Crippen LogP contribution in [0, 0.1) is 0 Å². The molecule has 0 amide bonds. The highest BCUT2D eigenvalue weighted by Crippen LogP contribution is 2.40. The number of aromatic nitrogens is 1. The lowest BCUT2D eigenvalue weighted by atomic mass is 10.0. The van der Waals surface area contributed by atoms with E-state index in [0.29, 0.717) is 0 Å². The highest BCUT2D eigenvalue weighted by Gasteiger charge is 2.48. The van der Waals surface area contributed by atoms with Crippen molar-refractivity contribution in [3.8, 4) is 28.3 Å². The monoisotopic (exact) mass is 603 g/mol. The van der Waals surface area contributed by atoms with E-state index in [1.165, 1.54) is 70.5 Å². The van der Waals surface area contributed by atoms with Crippen LogP contribution < -0.4 is 25.5 Å². The smallest absolute Gasteiger partial charge is 0.188 e. The van der Waals surface area contributed by atoms with E-state index in [9.17, 15) is 0 Å². The second kappa shape index (κ2) is 9.68. The summed E-state index contributed by atoms with van der Waals surface area (Å²) in [6, 6.07) is 60.4. The van der Waals surface area contributed by atoms with Crippen molar-refractivity contribution in [3.05, 3.63) is 175 Å². The molecule has 1 aliphatic carbocycles. The summed E-state index contributed by atoms with van der Waals surface area (Å²) in [6.07, 6.45) is 0.953. The van der Waals surface area contributed by atoms with Crippen molar-refractivity contribution in [2.75, 3.05) is 0 Å². The van der Waals surface area contributed by atoms with Gasteiger partial charge in [0.2, 0.25) is 0 Å². The maximum atomic E-state index is 6.58. The van der Waals surface area contributed by atoms with Crippen molar-refractivity contribution in [2.24, 2.45) is 0 Å². The number of nitrogens with zero attached hydrogens (tertiary/aromatic N) is 1. The van der Waals surface area contributed by atoms with Gasteiger partial charge in [0.15, 0.2) is 8.07 Å². The summed E-state index contributed by atoms with van der Waals surface area (Å²) in [6.45, 7) is 0. The van der Waals surface area contributed by atoms with E-state index in [1.807, 2.05) is 0 Å². The molecule has 0 saturated heterocycles. The van der Waals surface area contributed by atoms with E-state index in [2.05, 4.69) is 168 Å². The second-order valence-corrected chi connectivity index (χ2v) is 16.2. The Morgan fingerprint density at radius 2 is 1.00 bits per heavy atom. The normalized spacial score (nSPS) is 13.9. The van der Waals surface area contributed by atoms with E-state index in [4.69, 9.17) is 4.74 Å². The Bertz CT molecular complexity index is 2390. The minimum Gasteiger partial charge on any atom is -0.458 e. The summed E-state index contributed by atoms with van der Waals surface area (Å²) < 4.78 is 9.01. The molecule has 2 heterocycles. The lowest BCUT2D eigenvalue weighted by molar-refractivity contribution is 0.487. The first-order valence-electron chi connectivity index (χ1n) is 16.0. The van der Waals surface area contributed by atoms with Crippen molar-refractivity contribution in [1.82, 2.24) is 4.57 Å². The fraction of sp³-hybridized carbons (Fsp3) is 0.0233. The van der Waals surface area contributed by atoms with Gasteiger partial charge in [-0.1, -0.05) is 127 Å². The van der Waals surface area contributed by atoms with Crippen molar-refractivity contribution in [1.29, 1.82) is 0 Å². The predicted octanol–water partition coefficient (Wildman–Crippen LogP) is 7.84. The maximum absolute atomic E-state index is 6.58. The van der Waals surface area contributed by atoms with Gasteiger partial charge in [0, 0.05) is 16.5 Å². The summed E-state index contributed by atoms with van der Waals surface area (Å²) >= 11 is 0. The quantitative estimate of drug-likeness (QED) is 0.188. The van der Waals surface area contributed by atoms with Crippen LogP contribution in [0.5, 0.6) is 11.5 Å². The van der Waals surface area contributed by atoms with Gasteiger partial charge >= 0.3 is 0 Å². The van der Waals surface area contributed by atoms with Gasteiger partial charge in [0.1, 0.15) is 11.5 Å². The highest BCUT2D eigenvalue weighted by molar-refractivity contribution is 7.20. The Hall–Kier alpha value is -5.64. The third-order valence-corrected chi connectivity index (χ3v) is 15.0. The molecule has 2 nitrogen and oxygen atoms in total. The average molecular weight is 604 g/mol. The lowest BCUT2D eigenvalue weighted by Gasteiger charge is -2.39. The van der Waals surface area contributed by atoms with Crippen molar-refractivity contribution in [3.63, 3.8) is 0 Å². The molecule has 1 aromatic heterocycles. The number of fused-ring (bicyclic) bond motifs is 8. The van der Waals surface area contributed by atoms with Crippen molar-refractivity contribution >= 4 is 50.6 Å². The van der Waals surface area contributed by atoms with E-state index in [1.54, 1.807) is 0 Å². The molecule has 8 aromatic rings. The maximum Gasteiger partial charge on any atom is 0.188 e. The molecule has 0 fully saturated rings. The van der Waals surface area contributed by atoms with Gasteiger partial charge in [-0.3, -0.25) is 0 Å². The molecule has 3 heteroatoms. The van der Waals surface area contributed by atoms with E-state index in [0.717, 1.165) is 17.9 Å². The molecule has 2 aliphatic rings. The van der Waals surface area contributed by atoms with E-state index < -0.39 is 8.07 Å². The Morgan fingerprint density at radius 1 is 0.457 bits per heavy atom. The summed E-state index contributed by atoms with van der Waals surface area (Å²) in [7, 11) is -2.71.